The molecule has 0 bridgehead atoms. The Kier molecular flexibility index (Phi) is 5.69. The van der Waals surface area contributed by atoms with E-state index in [0.717, 1.165) is 6.07 Å². The van der Waals surface area contributed by atoms with E-state index in [4.69, 9.17) is 16.3 Å². The molecule has 1 aromatic carbocycles. The van der Waals surface area contributed by atoms with Crippen molar-refractivity contribution in [1.82, 2.24) is 0 Å². The molecule has 0 unspecified atom stereocenters. The van der Waals surface area contributed by atoms with Gasteiger partial charge >= 0.3 is 12.6 Å². The van der Waals surface area contributed by atoms with Crippen LogP contribution in [-0.4, -0.2) is 25.5 Å². The summed E-state index contributed by atoms with van der Waals surface area (Å²) >= 11 is 5.77. The maximum absolute atomic E-state index is 12.3. The largest absolute Gasteiger partial charge is 0.466 e. The van der Waals surface area contributed by atoms with Gasteiger partial charge in [0.05, 0.1) is 18.1 Å². The number of ether oxygens (including phenoxy) is 2. The van der Waals surface area contributed by atoms with Crippen LogP contribution in [0.2, 0.25) is 5.02 Å². The van der Waals surface area contributed by atoms with Gasteiger partial charge in [-0.2, -0.15) is 8.78 Å². The zero-order valence-corrected chi connectivity index (χ0v) is 10.7. The fraction of sp³-hybridized carbons (Fsp3) is 0.333. The molecule has 0 N–H and O–H groups in total. The van der Waals surface area contributed by atoms with E-state index in [1.165, 1.54) is 6.07 Å². The Bertz CT molecular complexity index is 477. The standard InChI is InChI=1S/C12H11ClF2O4/c1-2-18-11(17)5-7-3-9(13)8(6-16)4-10(7)19-12(14)15/h3-4,6,12H,2,5H2,1H3. The van der Waals surface area contributed by atoms with Gasteiger partial charge in [0.1, 0.15) is 5.75 Å². The molecule has 0 saturated carbocycles. The number of halogens is 3. The second-order valence-electron chi connectivity index (χ2n) is 3.46. The van der Waals surface area contributed by atoms with Crippen LogP contribution in [-0.2, 0) is 16.0 Å². The highest BCUT2D eigenvalue weighted by Gasteiger charge is 2.16. The van der Waals surface area contributed by atoms with Crippen molar-refractivity contribution < 1.29 is 27.8 Å². The monoisotopic (exact) mass is 292 g/mol. The number of aldehydes is 1. The first-order valence-electron chi connectivity index (χ1n) is 5.36. The van der Waals surface area contributed by atoms with Crippen molar-refractivity contribution in [1.29, 1.82) is 0 Å². The minimum atomic E-state index is -3.07. The van der Waals surface area contributed by atoms with Crippen molar-refractivity contribution >= 4 is 23.9 Å². The van der Waals surface area contributed by atoms with Gasteiger partial charge in [0.15, 0.2) is 6.29 Å². The fourth-order valence-corrected chi connectivity index (χ4v) is 1.64. The Morgan fingerprint density at radius 3 is 2.68 bits per heavy atom. The lowest BCUT2D eigenvalue weighted by Crippen LogP contribution is -2.11. The number of esters is 1. The molecule has 0 fully saturated rings. The van der Waals surface area contributed by atoms with E-state index in [1.54, 1.807) is 6.92 Å². The molecule has 104 valence electrons. The van der Waals surface area contributed by atoms with Crippen LogP contribution in [0.5, 0.6) is 5.75 Å². The topological polar surface area (TPSA) is 52.6 Å². The number of carbonyl (C=O) groups is 2. The zero-order chi connectivity index (χ0) is 14.4. The van der Waals surface area contributed by atoms with Crippen LogP contribution in [0.1, 0.15) is 22.8 Å². The van der Waals surface area contributed by atoms with Crippen LogP contribution >= 0.6 is 11.6 Å². The summed E-state index contributed by atoms with van der Waals surface area (Å²) in [5.74, 6) is -0.869. The SMILES string of the molecule is CCOC(=O)Cc1cc(Cl)c(C=O)cc1OC(F)F. The Hall–Kier alpha value is -1.69. The molecular weight excluding hydrogens is 282 g/mol. The molecule has 7 heteroatoms. The van der Waals surface area contributed by atoms with E-state index in [1.807, 2.05) is 0 Å². The van der Waals surface area contributed by atoms with Gasteiger partial charge < -0.3 is 9.47 Å². The molecular formula is C12H11ClF2O4. The summed E-state index contributed by atoms with van der Waals surface area (Å²) in [4.78, 5) is 22.0. The average molecular weight is 293 g/mol. The predicted molar refractivity (Wildman–Crippen MR) is 63.8 cm³/mol. The second kappa shape index (κ2) is 7.04. The Morgan fingerprint density at radius 2 is 2.16 bits per heavy atom. The molecule has 1 aromatic rings. The molecule has 0 atom stereocenters. The van der Waals surface area contributed by atoms with Crippen molar-refractivity contribution in [2.24, 2.45) is 0 Å². The molecule has 0 aliphatic carbocycles. The normalized spacial score (nSPS) is 10.4. The minimum absolute atomic E-state index is 0.00456. The lowest BCUT2D eigenvalue weighted by atomic mass is 10.1. The van der Waals surface area contributed by atoms with Crippen LogP contribution in [0.15, 0.2) is 12.1 Å². The van der Waals surface area contributed by atoms with Crippen molar-refractivity contribution in [3.8, 4) is 5.75 Å². The van der Waals surface area contributed by atoms with Crippen molar-refractivity contribution in [3.63, 3.8) is 0 Å². The molecule has 19 heavy (non-hydrogen) atoms. The first-order chi connectivity index (χ1) is 8.97. The van der Waals surface area contributed by atoms with Gasteiger partial charge in [0.25, 0.3) is 0 Å². The fourth-order valence-electron chi connectivity index (χ4n) is 1.41. The van der Waals surface area contributed by atoms with Gasteiger partial charge in [-0.05, 0) is 19.1 Å². The van der Waals surface area contributed by atoms with Crippen LogP contribution in [0.4, 0.5) is 8.78 Å². The number of hydrogen-bond acceptors (Lipinski definition) is 4. The van der Waals surface area contributed by atoms with Gasteiger partial charge in [-0.25, -0.2) is 0 Å². The number of benzene rings is 1. The van der Waals surface area contributed by atoms with E-state index >= 15 is 0 Å². The third kappa shape index (κ3) is 4.48. The summed E-state index contributed by atoms with van der Waals surface area (Å²) < 4.78 is 33.5. The molecule has 1 rings (SSSR count). The third-order valence-corrected chi connectivity index (χ3v) is 2.49. The van der Waals surface area contributed by atoms with E-state index in [0.29, 0.717) is 6.29 Å². The van der Waals surface area contributed by atoms with Crippen LogP contribution in [0.25, 0.3) is 0 Å². The van der Waals surface area contributed by atoms with Crippen molar-refractivity contribution in [3.05, 3.63) is 28.3 Å². The Morgan fingerprint density at radius 1 is 1.47 bits per heavy atom. The Labute approximate surface area is 113 Å². The highest BCUT2D eigenvalue weighted by molar-refractivity contribution is 6.33. The maximum Gasteiger partial charge on any atom is 0.387 e. The highest BCUT2D eigenvalue weighted by Crippen LogP contribution is 2.28. The van der Waals surface area contributed by atoms with Crippen LogP contribution in [0.3, 0.4) is 0 Å². The van der Waals surface area contributed by atoms with Gasteiger partial charge in [0.2, 0.25) is 0 Å². The summed E-state index contributed by atoms with van der Waals surface area (Å²) in [6, 6.07) is 2.30. The van der Waals surface area contributed by atoms with E-state index in [-0.39, 0.29) is 34.9 Å². The molecule has 0 radical (unpaired) electrons. The lowest BCUT2D eigenvalue weighted by molar-refractivity contribution is -0.142. The third-order valence-electron chi connectivity index (χ3n) is 2.16. The van der Waals surface area contributed by atoms with Crippen molar-refractivity contribution in [2.45, 2.75) is 20.0 Å². The first-order valence-corrected chi connectivity index (χ1v) is 5.73. The summed E-state index contributed by atoms with van der Waals surface area (Å²) in [6.07, 6.45) is 0.142. The second-order valence-corrected chi connectivity index (χ2v) is 3.87. The Balaban J connectivity index is 3.08. The van der Waals surface area contributed by atoms with E-state index in [9.17, 15) is 18.4 Å². The molecule has 0 aliphatic heterocycles. The van der Waals surface area contributed by atoms with Crippen LogP contribution in [0, 0.1) is 0 Å². The number of alkyl halides is 2. The van der Waals surface area contributed by atoms with Gasteiger partial charge in [-0.15, -0.1) is 0 Å². The van der Waals surface area contributed by atoms with Gasteiger partial charge in [0, 0.05) is 11.1 Å². The van der Waals surface area contributed by atoms with E-state index < -0.39 is 12.6 Å². The minimum Gasteiger partial charge on any atom is -0.466 e. The molecule has 0 aromatic heterocycles. The first kappa shape index (κ1) is 15.4. The maximum atomic E-state index is 12.3. The molecule has 0 amide bonds. The molecule has 0 aliphatic rings. The van der Waals surface area contributed by atoms with E-state index in [2.05, 4.69) is 4.74 Å². The highest BCUT2D eigenvalue weighted by atomic mass is 35.5. The number of rotatable bonds is 6. The summed E-state index contributed by atoms with van der Waals surface area (Å²) in [5, 5.41) is 0.0518. The number of hydrogen-bond donors (Lipinski definition) is 0. The smallest absolute Gasteiger partial charge is 0.387 e. The summed E-state index contributed by atoms with van der Waals surface area (Å²) in [5.41, 5.74) is 0.138. The average Bonchev–Trinajstić information content (AvgIpc) is 2.32. The lowest BCUT2D eigenvalue weighted by Gasteiger charge is -2.12. The predicted octanol–water partition coefficient (Wildman–Crippen LogP) is 2.86. The van der Waals surface area contributed by atoms with Gasteiger partial charge in [-0.1, -0.05) is 11.6 Å². The molecule has 0 heterocycles. The van der Waals surface area contributed by atoms with Gasteiger partial charge in [-0.3, -0.25) is 9.59 Å². The molecule has 4 nitrogen and oxygen atoms in total. The van der Waals surface area contributed by atoms with Crippen LogP contribution < -0.4 is 4.74 Å². The molecule has 0 spiro atoms. The number of carbonyl (C=O) groups excluding carboxylic acids is 2. The summed E-state index contributed by atoms with van der Waals surface area (Å²) in [7, 11) is 0. The molecule has 0 saturated heterocycles. The zero-order valence-electron chi connectivity index (χ0n) is 9.99. The quantitative estimate of drug-likeness (QED) is 0.597. The van der Waals surface area contributed by atoms with Crippen molar-refractivity contribution in [2.75, 3.05) is 6.61 Å². The summed E-state index contributed by atoms with van der Waals surface area (Å²) in [6.45, 7) is -1.28.